The van der Waals surface area contributed by atoms with Gasteiger partial charge in [0.15, 0.2) is 5.17 Å². The lowest BCUT2D eigenvalue weighted by Gasteiger charge is -2.17. The van der Waals surface area contributed by atoms with Crippen LogP contribution < -0.4 is 5.32 Å². The minimum Gasteiger partial charge on any atom is -0.378 e. The molecule has 1 fully saturated rings. The zero-order valence-corrected chi connectivity index (χ0v) is 12.7. The molecule has 2 heterocycles. The van der Waals surface area contributed by atoms with Crippen molar-refractivity contribution in [3.63, 3.8) is 0 Å². The van der Waals surface area contributed by atoms with E-state index < -0.39 is 0 Å². The van der Waals surface area contributed by atoms with Crippen LogP contribution in [0.3, 0.4) is 0 Å². The predicted octanol–water partition coefficient (Wildman–Crippen LogP) is 3.24. The van der Waals surface area contributed by atoms with Crippen molar-refractivity contribution in [3.05, 3.63) is 35.9 Å². The maximum Gasteiger partial charge on any atom is 0.157 e. The summed E-state index contributed by atoms with van der Waals surface area (Å²) in [7, 11) is 0. The second-order valence-electron chi connectivity index (χ2n) is 5.41. The van der Waals surface area contributed by atoms with Crippen LogP contribution in [-0.2, 0) is 4.74 Å². The predicted molar refractivity (Wildman–Crippen MR) is 85.2 cm³/mol. The summed E-state index contributed by atoms with van der Waals surface area (Å²) in [5.41, 5.74) is 1.37. The lowest BCUT2D eigenvalue weighted by molar-refractivity contribution is 0.0883. The van der Waals surface area contributed by atoms with Crippen molar-refractivity contribution in [2.75, 3.05) is 19.7 Å². The van der Waals surface area contributed by atoms with Crippen molar-refractivity contribution in [1.29, 1.82) is 0 Å². The van der Waals surface area contributed by atoms with Crippen LogP contribution in [0, 0.1) is 5.92 Å². The zero-order chi connectivity index (χ0) is 13.8. The average molecular weight is 290 g/mol. The van der Waals surface area contributed by atoms with E-state index >= 15 is 0 Å². The van der Waals surface area contributed by atoms with Gasteiger partial charge in [-0.15, -0.1) is 0 Å². The van der Waals surface area contributed by atoms with Crippen molar-refractivity contribution < 1.29 is 4.74 Å². The molecule has 2 aliphatic heterocycles. The molecule has 3 atom stereocenters. The van der Waals surface area contributed by atoms with Crippen LogP contribution >= 0.6 is 11.8 Å². The monoisotopic (exact) mass is 290 g/mol. The van der Waals surface area contributed by atoms with Crippen LogP contribution in [0.1, 0.15) is 30.6 Å². The number of rotatable bonds is 4. The number of nitrogens with one attached hydrogen (secondary N) is 1. The molecule has 20 heavy (non-hydrogen) atoms. The van der Waals surface area contributed by atoms with Crippen LogP contribution in [0.25, 0.3) is 0 Å². The SMILES string of the molecule is CCC1OCCC1CNC1=NCC(c2ccccc2)S1. The quantitative estimate of drug-likeness (QED) is 0.924. The summed E-state index contributed by atoms with van der Waals surface area (Å²) in [5, 5.41) is 5.09. The number of hydrogen-bond donors (Lipinski definition) is 1. The Hall–Kier alpha value is -1.00. The van der Waals surface area contributed by atoms with E-state index in [2.05, 4.69) is 47.6 Å². The van der Waals surface area contributed by atoms with Crippen molar-refractivity contribution in [2.24, 2.45) is 10.9 Å². The zero-order valence-electron chi connectivity index (χ0n) is 11.9. The van der Waals surface area contributed by atoms with Gasteiger partial charge in [0.25, 0.3) is 0 Å². The first-order valence-electron chi connectivity index (χ1n) is 7.48. The Labute approximate surface area is 125 Å². The van der Waals surface area contributed by atoms with Crippen LogP contribution in [-0.4, -0.2) is 31.0 Å². The van der Waals surface area contributed by atoms with Gasteiger partial charge in [-0.25, -0.2) is 0 Å². The molecule has 1 aromatic carbocycles. The molecule has 1 saturated heterocycles. The van der Waals surface area contributed by atoms with Gasteiger partial charge in [0.2, 0.25) is 0 Å². The molecule has 1 N–H and O–H groups in total. The molecule has 108 valence electrons. The van der Waals surface area contributed by atoms with Gasteiger partial charge < -0.3 is 10.1 Å². The fourth-order valence-electron chi connectivity index (χ4n) is 2.91. The lowest BCUT2D eigenvalue weighted by Crippen LogP contribution is -2.30. The largest absolute Gasteiger partial charge is 0.378 e. The van der Waals surface area contributed by atoms with Crippen LogP contribution in [0.4, 0.5) is 0 Å². The molecule has 2 aliphatic rings. The van der Waals surface area contributed by atoms with E-state index in [1.807, 2.05) is 11.8 Å². The summed E-state index contributed by atoms with van der Waals surface area (Å²) in [5.74, 6) is 0.638. The first kappa shape index (κ1) is 14.0. The molecular formula is C16H22N2OS. The highest BCUT2D eigenvalue weighted by Crippen LogP contribution is 2.34. The van der Waals surface area contributed by atoms with Crippen LogP contribution in [0.15, 0.2) is 35.3 Å². The minimum atomic E-state index is 0.430. The standard InChI is InChI=1S/C16H22N2OS/c1-2-14-13(8-9-19-14)10-17-16-18-11-15(20-16)12-6-4-3-5-7-12/h3-7,13-15H,2,8-11H2,1H3,(H,17,18). The van der Waals surface area contributed by atoms with Crippen LogP contribution in [0.2, 0.25) is 0 Å². The van der Waals surface area contributed by atoms with Gasteiger partial charge in [-0.3, -0.25) is 4.99 Å². The molecule has 0 radical (unpaired) electrons. The van der Waals surface area contributed by atoms with Gasteiger partial charge in [0.05, 0.1) is 17.9 Å². The smallest absolute Gasteiger partial charge is 0.157 e. The Kier molecular flexibility index (Phi) is 4.63. The Morgan fingerprint density at radius 3 is 3.00 bits per heavy atom. The van der Waals surface area contributed by atoms with Gasteiger partial charge in [-0.05, 0) is 18.4 Å². The van der Waals surface area contributed by atoms with E-state index in [-0.39, 0.29) is 0 Å². The number of amidine groups is 1. The van der Waals surface area contributed by atoms with Crippen molar-refractivity contribution in [3.8, 4) is 0 Å². The van der Waals surface area contributed by atoms with Crippen molar-refractivity contribution in [2.45, 2.75) is 31.1 Å². The Bertz CT molecular complexity index is 463. The first-order chi connectivity index (χ1) is 9.86. The number of benzene rings is 1. The third-order valence-electron chi connectivity index (χ3n) is 4.09. The second-order valence-corrected chi connectivity index (χ2v) is 6.60. The summed E-state index contributed by atoms with van der Waals surface area (Å²) in [6.45, 7) is 4.99. The van der Waals surface area contributed by atoms with E-state index in [1.54, 1.807) is 0 Å². The fraction of sp³-hybridized carbons (Fsp3) is 0.562. The molecule has 1 aromatic rings. The van der Waals surface area contributed by atoms with Gasteiger partial charge in [-0.2, -0.15) is 0 Å². The Balaban J connectivity index is 1.48. The van der Waals surface area contributed by atoms with E-state index in [4.69, 9.17) is 4.74 Å². The number of hydrogen-bond acceptors (Lipinski definition) is 4. The maximum atomic E-state index is 5.73. The van der Waals surface area contributed by atoms with Gasteiger partial charge in [-0.1, -0.05) is 49.0 Å². The molecule has 0 bridgehead atoms. The molecule has 0 aliphatic carbocycles. The van der Waals surface area contributed by atoms with Crippen LogP contribution in [0.5, 0.6) is 0 Å². The van der Waals surface area contributed by atoms with E-state index in [0.717, 1.165) is 31.3 Å². The van der Waals surface area contributed by atoms with E-state index in [0.29, 0.717) is 17.3 Å². The maximum absolute atomic E-state index is 5.73. The highest BCUT2D eigenvalue weighted by molar-refractivity contribution is 8.14. The second kappa shape index (κ2) is 6.64. The molecule has 3 unspecified atom stereocenters. The summed E-state index contributed by atoms with van der Waals surface area (Å²) >= 11 is 1.85. The van der Waals surface area contributed by atoms with Gasteiger partial charge in [0.1, 0.15) is 0 Å². The number of aliphatic imine (C=N–C) groups is 1. The summed E-state index contributed by atoms with van der Waals surface area (Å²) in [6, 6.07) is 10.6. The van der Waals surface area contributed by atoms with E-state index in [9.17, 15) is 0 Å². The Morgan fingerprint density at radius 2 is 2.20 bits per heavy atom. The summed E-state index contributed by atoms with van der Waals surface area (Å²) in [6.07, 6.45) is 2.71. The first-order valence-corrected chi connectivity index (χ1v) is 8.36. The van der Waals surface area contributed by atoms with E-state index in [1.165, 1.54) is 12.0 Å². The minimum absolute atomic E-state index is 0.430. The highest BCUT2D eigenvalue weighted by atomic mass is 32.2. The molecule has 3 nitrogen and oxygen atoms in total. The Morgan fingerprint density at radius 1 is 1.35 bits per heavy atom. The summed E-state index contributed by atoms with van der Waals surface area (Å²) < 4.78 is 5.73. The molecule has 0 amide bonds. The van der Waals surface area contributed by atoms with Gasteiger partial charge in [0, 0.05) is 19.1 Å². The molecule has 3 rings (SSSR count). The normalized spacial score (nSPS) is 29.4. The highest BCUT2D eigenvalue weighted by Gasteiger charge is 2.28. The summed E-state index contributed by atoms with van der Waals surface area (Å²) in [4.78, 5) is 4.63. The van der Waals surface area contributed by atoms with Crippen molar-refractivity contribution in [1.82, 2.24) is 5.32 Å². The molecular weight excluding hydrogens is 268 g/mol. The van der Waals surface area contributed by atoms with Crippen molar-refractivity contribution >= 4 is 16.9 Å². The molecule has 0 aromatic heterocycles. The third-order valence-corrected chi connectivity index (χ3v) is 5.29. The topological polar surface area (TPSA) is 33.6 Å². The third kappa shape index (κ3) is 3.18. The molecule has 0 spiro atoms. The average Bonchev–Trinajstić information content (AvgIpc) is 3.15. The molecule has 0 saturated carbocycles. The lowest BCUT2D eigenvalue weighted by atomic mass is 10.00. The van der Waals surface area contributed by atoms with Gasteiger partial charge >= 0.3 is 0 Å². The fourth-order valence-corrected chi connectivity index (χ4v) is 3.94. The number of thioether (sulfide) groups is 1. The molecule has 4 heteroatoms. The number of ether oxygens (including phenoxy) is 1. The number of nitrogens with zero attached hydrogens (tertiary/aromatic N) is 1.